The van der Waals surface area contributed by atoms with Crippen LogP contribution in [0.15, 0.2) is 18.2 Å². The Hall–Kier alpha value is -1.57. The maximum absolute atomic E-state index is 9.35. The number of anilines is 1. The summed E-state index contributed by atoms with van der Waals surface area (Å²) in [5, 5.41) is 22.1. The predicted molar refractivity (Wildman–Crippen MR) is 80.6 cm³/mol. The number of rotatable bonds is 7. The van der Waals surface area contributed by atoms with Crippen molar-refractivity contribution in [2.24, 2.45) is 0 Å². The normalized spacial score (nSPS) is 15.7. The average Bonchev–Trinajstić information content (AvgIpc) is 3.26. The highest BCUT2D eigenvalue weighted by Gasteiger charge is 2.20. The maximum atomic E-state index is 9.35. The molecule has 20 heavy (non-hydrogen) atoms. The van der Waals surface area contributed by atoms with Crippen molar-refractivity contribution in [2.75, 3.05) is 18.5 Å². The second kappa shape index (κ2) is 6.74. The summed E-state index contributed by atoms with van der Waals surface area (Å²) < 4.78 is 0. The Kier molecular flexibility index (Phi) is 4.99. The van der Waals surface area contributed by atoms with E-state index in [0.29, 0.717) is 18.0 Å². The van der Waals surface area contributed by atoms with Gasteiger partial charge in [-0.3, -0.25) is 0 Å². The zero-order valence-electron chi connectivity index (χ0n) is 12.3. The van der Waals surface area contributed by atoms with Gasteiger partial charge in [-0.25, -0.2) is 0 Å². The van der Waals surface area contributed by atoms with Gasteiger partial charge in [0.1, 0.15) is 6.07 Å². The first-order chi connectivity index (χ1) is 9.60. The summed E-state index contributed by atoms with van der Waals surface area (Å²) in [4.78, 5) is 2.03. The van der Waals surface area contributed by atoms with E-state index < -0.39 is 0 Å². The standard InChI is InChI=1S/C16H23N3O/c1-12(20)7-8-19(2)16-6-3-13(9-14(16)10-17)11-18-15-4-5-15/h3,6,9,12,15,18,20H,4-5,7-8,11H2,1-2H3. The van der Waals surface area contributed by atoms with Gasteiger partial charge in [-0.2, -0.15) is 5.26 Å². The molecule has 0 radical (unpaired) electrons. The summed E-state index contributed by atoms with van der Waals surface area (Å²) >= 11 is 0. The van der Waals surface area contributed by atoms with Crippen molar-refractivity contribution in [3.8, 4) is 6.07 Å². The largest absolute Gasteiger partial charge is 0.393 e. The fourth-order valence-corrected chi connectivity index (χ4v) is 2.17. The van der Waals surface area contributed by atoms with E-state index in [9.17, 15) is 10.4 Å². The van der Waals surface area contributed by atoms with E-state index in [2.05, 4.69) is 17.5 Å². The van der Waals surface area contributed by atoms with Crippen molar-refractivity contribution in [1.29, 1.82) is 5.26 Å². The van der Waals surface area contributed by atoms with Crippen LogP contribution >= 0.6 is 0 Å². The summed E-state index contributed by atoms with van der Waals surface area (Å²) in [7, 11) is 1.96. The van der Waals surface area contributed by atoms with E-state index in [-0.39, 0.29) is 6.10 Å². The van der Waals surface area contributed by atoms with Crippen molar-refractivity contribution < 1.29 is 5.11 Å². The third kappa shape index (κ3) is 4.22. The highest BCUT2D eigenvalue weighted by molar-refractivity contribution is 5.60. The van der Waals surface area contributed by atoms with Gasteiger partial charge in [-0.1, -0.05) is 6.07 Å². The predicted octanol–water partition coefficient (Wildman–Crippen LogP) is 2.02. The van der Waals surface area contributed by atoms with Gasteiger partial charge in [0, 0.05) is 26.2 Å². The lowest BCUT2D eigenvalue weighted by atomic mass is 10.1. The molecule has 1 saturated carbocycles. The van der Waals surface area contributed by atoms with Crippen LogP contribution in [0.2, 0.25) is 0 Å². The SMILES string of the molecule is CC(O)CCN(C)c1ccc(CNC2CC2)cc1C#N. The van der Waals surface area contributed by atoms with E-state index >= 15 is 0 Å². The molecule has 1 aromatic carbocycles. The Morgan fingerprint density at radius 2 is 2.25 bits per heavy atom. The molecule has 0 heterocycles. The van der Waals surface area contributed by atoms with Gasteiger partial charge in [-0.05, 0) is 43.9 Å². The molecule has 0 aromatic heterocycles. The molecule has 0 spiro atoms. The minimum atomic E-state index is -0.315. The van der Waals surface area contributed by atoms with Crippen LogP contribution in [0.3, 0.4) is 0 Å². The van der Waals surface area contributed by atoms with Crippen molar-refractivity contribution in [3.63, 3.8) is 0 Å². The molecule has 1 aliphatic rings. The molecule has 2 N–H and O–H groups in total. The van der Waals surface area contributed by atoms with Crippen molar-refractivity contribution >= 4 is 5.69 Å². The zero-order valence-corrected chi connectivity index (χ0v) is 12.3. The highest BCUT2D eigenvalue weighted by Crippen LogP contribution is 2.23. The summed E-state index contributed by atoms with van der Waals surface area (Å²) in [6.07, 6.45) is 2.92. The Morgan fingerprint density at radius 3 is 2.85 bits per heavy atom. The summed E-state index contributed by atoms with van der Waals surface area (Å²) in [5.74, 6) is 0. The molecule has 108 valence electrons. The molecule has 4 nitrogen and oxygen atoms in total. The van der Waals surface area contributed by atoms with Crippen LogP contribution in [0.4, 0.5) is 5.69 Å². The van der Waals surface area contributed by atoms with Gasteiger partial charge in [-0.15, -0.1) is 0 Å². The van der Waals surface area contributed by atoms with Crippen LogP contribution in [-0.2, 0) is 6.54 Å². The molecular weight excluding hydrogens is 250 g/mol. The highest BCUT2D eigenvalue weighted by atomic mass is 16.3. The lowest BCUT2D eigenvalue weighted by molar-refractivity contribution is 0.187. The second-order valence-corrected chi connectivity index (χ2v) is 5.68. The topological polar surface area (TPSA) is 59.3 Å². The van der Waals surface area contributed by atoms with E-state index in [0.717, 1.165) is 24.3 Å². The van der Waals surface area contributed by atoms with E-state index in [1.807, 2.05) is 24.1 Å². The van der Waals surface area contributed by atoms with Gasteiger partial charge in [0.25, 0.3) is 0 Å². The summed E-state index contributed by atoms with van der Waals surface area (Å²) in [6.45, 7) is 3.36. The number of nitrogens with one attached hydrogen (secondary N) is 1. The maximum Gasteiger partial charge on any atom is 0.101 e. The lowest BCUT2D eigenvalue weighted by Crippen LogP contribution is -2.23. The quantitative estimate of drug-likeness (QED) is 0.798. The van der Waals surface area contributed by atoms with Gasteiger partial charge in [0.2, 0.25) is 0 Å². The number of aliphatic hydroxyl groups excluding tert-OH is 1. The van der Waals surface area contributed by atoms with Gasteiger partial charge < -0.3 is 15.3 Å². The molecule has 1 atom stereocenters. The van der Waals surface area contributed by atoms with Gasteiger partial charge >= 0.3 is 0 Å². The van der Waals surface area contributed by atoms with Gasteiger partial charge in [0.15, 0.2) is 0 Å². The summed E-state index contributed by atoms with van der Waals surface area (Å²) in [6, 6.07) is 8.99. The molecule has 0 saturated heterocycles. The first kappa shape index (κ1) is 14.8. The fraction of sp³-hybridized carbons (Fsp3) is 0.562. The molecule has 1 aromatic rings. The van der Waals surface area contributed by atoms with Crippen molar-refractivity contribution in [2.45, 2.75) is 44.9 Å². The molecule has 0 bridgehead atoms. The Balaban J connectivity index is 2.02. The van der Waals surface area contributed by atoms with Crippen LogP contribution in [0.5, 0.6) is 0 Å². The van der Waals surface area contributed by atoms with Gasteiger partial charge in [0.05, 0.1) is 17.4 Å². The first-order valence-electron chi connectivity index (χ1n) is 7.25. The Bertz CT molecular complexity index is 489. The number of nitrogens with zero attached hydrogens (tertiary/aromatic N) is 2. The number of hydrogen-bond donors (Lipinski definition) is 2. The Morgan fingerprint density at radius 1 is 1.50 bits per heavy atom. The van der Waals surface area contributed by atoms with Crippen LogP contribution in [0.1, 0.15) is 37.3 Å². The molecule has 2 rings (SSSR count). The third-order valence-corrected chi connectivity index (χ3v) is 3.65. The van der Waals surface area contributed by atoms with Crippen LogP contribution < -0.4 is 10.2 Å². The van der Waals surface area contributed by atoms with E-state index in [1.54, 1.807) is 6.92 Å². The summed E-state index contributed by atoms with van der Waals surface area (Å²) in [5.41, 5.74) is 2.79. The molecule has 1 fully saturated rings. The lowest BCUT2D eigenvalue weighted by Gasteiger charge is -2.21. The third-order valence-electron chi connectivity index (χ3n) is 3.65. The number of aliphatic hydroxyl groups is 1. The van der Waals surface area contributed by atoms with E-state index in [4.69, 9.17) is 0 Å². The average molecular weight is 273 g/mol. The van der Waals surface area contributed by atoms with E-state index in [1.165, 1.54) is 12.8 Å². The van der Waals surface area contributed by atoms with Crippen LogP contribution in [0.25, 0.3) is 0 Å². The fourth-order valence-electron chi connectivity index (χ4n) is 2.17. The van der Waals surface area contributed by atoms with Crippen molar-refractivity contribution in [1.82, 2.24) is 5.32 Å². The molecule has 4 heteroatoms. The first-order valence-corrected chi connectivity index (χ1v) is 7.25. The monoisotopic (exact) mass is 273 g/mol. The molecular formula is C16H23N3O. The minimum absolute atomic E-state index is 0.315. The van der Waals surface area contributed by atoms with Crippen LogP contribution in [0, 0.1) is 11.3 Å². The van der Waals surface area contributed by atoms with Crippen LogP contribution in [-0.4, -0.2) is 30.8 Å². The molecule has 1 aliphatic carbocycles. The Labute approximate surface area is 121 Å². The number of hydrogen-bond acceptors (Lipinski definition) is 4. The minimum Gasteiger partial charge on any atom is -0.393 e. The molecule has 0 aliphatic heterocycles. The molecule has 0 amide bonds. The molecule has 1 unspecified atom stereocenters. The second-order valence-electron chi connectivity index (χ2n) is 5.68. The number of nitriles is 1. The zero-order chi connectivity index (χ0) is 14.5. The smallest absolute Gasteiger partial charge is 0.101 e. The number of benzene rings is 1. The van der Waals surface area contributed by atoms with Crippen molar-refractivity contribution in [3.05, 3.63) is 29.3 Å².